The van der Waals surface area contributed by atoms with Crippen molar-refractivity contribution in [3.05, 3.63) is 58.4 Å². The molecule has 6 nitrogen and oxygen atoms in total. The number of benzene rings is 1. The van der Waals surface area contributed by atoms with Crippen molar-refractivity contribution >= 4 is 17.9 Å². The van der Waals surface area contributed by atoms with Gasteiger partial charge >= 0.3 is 0 Å². The zero-order valence-corrected chi connectivity index (χ0v) is 18.8. The summed E-state index contributed by atoms with van der Waals surface area (Å²) in [6.45, 7) is 9.31. The van der Waals surface area contributed by atoms with Gasteiger partial charge < -0.3 is 9.80 Å². The molecule has 4 rings (SSSR count). The summed E-state index contributed by atoms with van der Waals surface area (Å²) in [5.41, 5.74) is 5.42. The van der Waals surface area contributed by atoms with Crippen LogP contribution in [0.5, 0.6) is 0 Å². The normalized spacial score (nSPS) is 17.3. The van der Waals surface area contributed by atoms with Crippen LogP contribution in [0.2, 0.25) is 0 Å². The second kappa shape index (κ2) is 9.08. The van der Waals surface area contributed by atoms with Crippen molar-refractivity contribution in [1.29, 1.82) is 0 Å². The fourth-order valence-corrected chi connectivity index (χ4v) is 4.29. The van der Waals surface area contributed by atoms with Crippen LogP contribution in [0.15, 0.2) is 30.3 Å². The average molecular weight is 421 g/mol. The average Bonchev–Trinajstić information content (AvgIpc) is 2.99. The lowest BCUT2D eigenvalue weighted by Gasteiger charge is -2.37. The highest BCUT2D eigenvalue weighted by molar-refractivity contribution is 5.92. The van der Waals surface area contributed by atoms with E-state index in [1.54, 1.807) is 6.08 Å². The van der Waals surface area contributed by atoms with E-state index in [0.717, 1.165) is 29.8 Å². The molecule has 2 fully saturated rings. The van der Waals surface area contributed by atoms with E-state index in [1.165, 1.54) is 17.5 Å². The molecule has 0 N–H and O–H groups in total. The third-order valence-electron chi connectivity index (χ3n) is 6.64. The Hall–Kier alpha value is -2.89. The molecule has 2 aromatic rings. The summed E-state index contributed by atoms with van der Waals surface area (Å²) in [6, 6.07) is 8.47. The van der Waals surface area contributed by atoms with Crippen molar-refractivity contribution in [3.8, 4) is 0 Å². The molecule has 1 aliphatic heterocycles. The van der Waals surface area contributed by atoms with Crippen LogP contribution in [0.25, 0.3) is 6.08 Å². The van der Waals surface area contributed by atoms with E-state index in [0.29, 0.717) is 32.7 Å². The van der Waals surface area contributed by atoms with Gasteiger partial charge in [-0.05, 0) is 45.3 Å². The third kappa shape index (κ3) is 4.73. The zero-order chi connectivity index (χ0) is 22.0. The number of carbonyl (C=O) groups excluding carboxylic acids is 2. The van der Waals surface area contributed by atoms with Crippen molar-refractivity contribution in [2.24, 2.45) is 5.92 Å². The summed E-state index contributed by atoms with van der Waals surface area (Å²) < 4.78 is 2.00. The molecular weight excluding hydrogens is 388 g/mol. The van der Waals surface area contributed by atoms with E-state index in [2.05, 4.69) is 36.3 Å². The summed E-state index contributed by atoms with van der Waals surface area (Å²) in [4.78, 5) is 28.9. The molecular formula is C25H32N4O2. The molecule has 0 bridgehead atoms. The maximum Gasteiger partial charge on any atom is 0.246 e. The van der Waals surface area contributed by atoms with Gasteiger partial charge in [0.15, 0.2) is 0 Å². The number of nitrogens with zero attached hydrogens (tertiary/aromatic N) is 4. The Morgan fingerprint density at radius 2 is 1.65 bits per heavy atom. The second-order valence-electron chi connectivity index (χ2n) is 8.84. The molecule has 0 atom stereocenters. The van der Waals surface area contributed by atoms with Crippen molar-refractivity contribution in [2.45, 2.75) is 46.6 Å². The minimum absolute atomic E-state index is 0.000766. The van der Waals surface area contributed by atoms with Gasteiger partial charge in [-0.1, -0.05) is 36.2 Å². The molecule has 1 aliphatic carbocycles. The van der Waals surface area contributed by atoms with Gasteiger partial charge in [0.2, 0.25) is 11.8 Å². The molecule has 1 saturated heterocycles. The standard InChI is InChI=1S/C25H32N4O2/c1-18-7-9-21(10-8-18)17-29-20(3)23(19(2)26-29)11-12-24(30)27-13-15-28(16-14-27)25(31)22-5-4-6-22/h7-12,22H,4-6,13-17H2,1-3H3/b12-11+. The topological polar surface area (TPSA) is 58.4 Å². The Kier molecular flexibility index (Phi) is 6.25. The number of hydrogen-bond donors (Lipinski definition) is 0. The zero-order valence-electron chi connectivity index (χ0n) is 18.8. The molecule has 1 saturated carbocycles. The lowest BCUT2D eigenvalue weighted by atomic mass is 9.84. The highest BCUT2D eigenvalue weighted by Crippen LogP contribution is 2.28. The van der Waals surface area contributed by atoms with E-state index < -0.39 is 0 Å². The van der Waals surface area contributed by atoms with E-state index in [1.807, 2.05) is 34.4 Å². The lowest BCUT2D eigenvalue weighted by molar-refractivity contribution is -0.142. The van der Waals surface area contributed by atoms with Crippen LogP contribution in [0.1, 0.15) is 47.3 Å². The van der Waals surface area contributed by atoms with Crippen LogP contribution in [0.3, 0.4) is 0 Å². The van der Waals surface area contributed by atoms with Crippen LogP contribution in [0, 0.1) is 26.7 Å². The minimum atomic E-state index is 0.000766. The molecule has 2 aliphatic rings. The molecule has 1 aromatic heterocycles. The smallest absolute Gasteiger partial charge is 0.246 e. The Morgan fingerprint density at radius 3 is 2.26 bits per heavy atom. The first-order chi connectivity index (χ1) is 14.9. The number of amides is 2. The van der Waals surface area contributed by atoms with E-state index in [4.69, 9.17) is 0 Å². The number of aromatic nitrogens is 2. The number of piperazine rings is 1. The Bertz CT molecular complexity index is 978. The quantitative estimate of drug-likeness (QED) is 0.697. The van der Waals surface area contributed by atoms with Gasteiger partial charge in [0.25, 0.3) is 0 Å². The Morgan fingerprint density at radius 1 is 1.00 bits per heavy atom. The van der Waals surface area contributed by atoms with Gasteiger partial charge in [0, 0.05) is 49.4 Å². The summed E-state index contributed by atoms with van der Waals surface area (Å²) in [5.74, 6) is 0.506. The van der Waals surface area contributed by atoms with E-state index >= 15 is 0 Å². The Balaban J connectivity index is 1.36. The third-order valence-corrected chi connectivity index (χ3v) is 6.64. The van der Waals surface area contributed by atoms with E-state index in [9.17, 15) is 9.59 Å². The summed E-state index contributed by atoms with van der Waals surface area (Å²) >= 11 is 0. The van der Waals surface area contributed by atoms with Crippen LogP contribution in [-0.4, -0.2) is 57.6 Å². The van der Waals surface area contributed by atoms with Crippen molar-refractivity contribution in [3.63, 3.8) is 0 Å². The number of carbonyl (C=O) groups is 2. The highest BCUT2D eigenvalue weighted by Gasteiger charge is 2.31. The molecule has 0 spiro atoms. The van der Waals surface area contributed by atoms with Gasteiger partial charge in [-0.25, -0.2) is 0 Å². The summed E-state index contributed by atoms with van der Waals surface area (Å²) in [5, 5.41) is 4.67. The first-order valence-electron chi connectivity index (χ1n) is 11.3. The monoisotopic (exact) mass is 420 g/mol. The Labute approximate surface area is 184 Å². The molecule has 2 heterocycles. The summed E-state index contributed by atoms with van der Waals surface area (Å²) in [6.07, 6.45) is 6.75. The van der Waals surface area contributed by atoms with Gasteiger partial charge in [-0.2, -0.15) is 5.10 Å². The molecule has 1 aromatic carbocycles. The number of aryl methyl sites for hydroxylation is 2. The second-order valence-corrected chi connectivity index (χ2v) is 8.84. The predicted molar refractivity (Wildman–Crippen MR) is 122 cm³/mol. The highest BCUT2D eigenvalue weighted by atomic mass is 16.2. The fraction of sp³-hybridized carbons (Fsp3) is 0.480. The van der Waals surface area contributed by atoms with Crippen molar-refractivity contribution in [1.82, 2.24) is 19.6 Å². The SMILES string of the molecule is Cc1ccc(Cn2nc(C)c(/C=C/C(=O)N3CCN(C(=O)C4CCC4)CC3)c2C)cc1. The molecule has 31 heavy (non-hydrogen) atoms. The lowest BCUT2D eigenvalue weighted by Crippen LogP contribution is -2.52. The van der Waals surface area contributed by atoms with Crippen LogP contribution in [0.4, 0.5) is 0 Å². The van der Waals surface area contributed by atoms with Gasteiger partial charge in [0.05, 0.1) is 12.2 Å². The van der Waals surface area contributed by atoms with Crippen LogP contribution < -0.4 is 0 Å². The fourth-order valence-electron chi connectivity index (χ4n) is 4.29. The first kappa shape index (κ1) is 21.3. The minimum Gasteiger partial charge on any atom is -0.339 e. The molecule has 0 radical (unpaired) electrons. The molecule has 2 amide bonds. The molecule has 6 heteroatoms. The molecule has 164 valence electrons. The predicted octanol–water partition coefficient (Wildman–Crippen LogP) is 3.34. The number of hydrogen-bond acceptors (Lipinski definition) is 3. The number of rotatable bonds is 5. The van der Waals surface area contributed by atoms with Gasteiger partial charge in [-0.3, -0.25) is 14.3 Å². The van der Waals surface area contributed by atoms with Crippen molar-refractivity contribution in [2.75, 3.05) is 26.2 Å². The summed E-state index contributed by atoms with van der Waals surface area (Å²) in [7, 11) is 0. The largest absolute Gasteiger partial charge is 0.339 e. The van der Waals surface area contributed by atoms with Crippen LogP contribution >= 0.6 is 0 Å². The van der Waals surface area contributed by atoms with E-state index in [-0.39, 0.29) is 17.7 Å². The maximum absolute atomic E-state index is 12.7. The van der Waals surface area contributed by atoms with Crippen LogP contribution in [-0.2, 0) is 16.1 Å². The van der Waals surface area contributed by atoms with Crippen molar-refractivity contribution < 1.29 is 9.59 Å². The first-order valence-corrected chi connectivity index (χ1v) is 11.3. The molecule has 0 unspecified atom stereocenters. The van der Waals surface area contributed by atoms with Gasteiger partial charge in [-0.15, -0.1) is 0 Å². The van der Waals surface area contributed by atoms with Gasteiger partial charge in [0.1, 0.15) is 0 Å². The maximum atomic E-state index is 12.7.